The van der Waals surface area contributed by atoms with Crippen LogP contribution >= 0.6 is 0 Å². The minimum Gasteiger partial charge on any atom is -0.491 e. The van der Waals surface area contributed by atoms with E-state index in [0.29, 0.717) is 36.7 Å². The lowest BCUT2D eigenvalue weighted by molar-refractivity contribution is 0.00920. The Hall–Kier alpha value is -2.69. The van der Waals surface area contributed by atoms with Gasteiger partial charge in [-0.25, -0.2) is 8.42 Å². The predicted octanol–water partition coefficient (Wildman–Crippen LogP) is 2.46. The zero-order chi connectivity index (χ0) is 24.9. The molecule has 3 atom stereocenters. The molecule has 2 aromatic rings. The van der Waals surface area contributed by atoms with Crippen LogP contribution in [0.15, 0.2) is 42.7 Å². The second kappa shape index (κ2) is 11.2. The number of carbonyl (C=O) groups is 1. The molecular weight excluding hydrogens is 456 g/mol. The van der Waals surface area contributed by atoms with Crippen molar-refractivity contribution in [2.24, 2.45) is 5.92 Å². The number of hydrogen-bond donors (Lipinski definition) is 1. The monoisotopic (exact) mass is 490 g/mol. The third-order valence-corrected chi connectivity index (χ3v) is 6.59. The average Bonchev–Trinajstić information content (AvgIpc) is 2.79. The van der Waals surface area contributed by atoms with Crippen molar-refractivity contribution in [3.05, 3.63) is 53.9 Å². The molecule has 0 saturated heterocycles. The van der Waals surface area contributed by atoms with Gasteiger partial charge in [-0.05, 0) is 36.6 Å². The van der Waals surface area contributed by atoms with Gasteiger partial charge in [0.05, 0.1) is 23.6 Å². The summed E-state index contributed by atoms with van der Waals surface area (Å²) >= 11 is 0. The van der Waals surface area contributed by atoms with E-state index in [9.17, 15) is 13.2 Å². The van der Waals surface area contributed by atoms with Gasteiger partial charge >= 0.3 is 0 Å². The number of nitrogens with one attached hydrogen (secondary N) is 1. The molecule has 2 heterocycles. The van der Waals surface area contributed by atoms with Crippen molar-refractivity contribution in [1.29, 1.82) is 0 Å². The number of pyridine rings is 1. The highest BCUT2D eigenvalue weighted by molar-refractivity contribution is 7.92. The minimum atomic E-state index is -3.47. The highest BCUT2D eigenvalue weighted by Crippen LogP contribution is 2.27. The number of nitrogens with zero attached hydrogens (tertiary/aromatic N) is 3. The smallest absolute Gasteiger partial charge is 0.257 e. The molecule has 3 rings (SSSR count). The molecule has 1 aliphatic heterocycles. The Morgan fingerprint density at radius 3 is 2.65 bits per heavy atom. The first-order valence-electron chi connectivity index (χ1n) is 11.2. The van der Waals surface area contributed by atoms with E-state index in [0.717, 1.165) is 18.4 Å². The predicted molar refractivity (Wildman–Crippen MR) is 131 cm³/mol. The fourth-order valence-corrected chi connectivity index (χ4v) is 4.63. The number of hydrogen-bond acceptors (Lipinski definition) is 7. The Morgan fingerprint density at radius 2 is 2.00 bits per heavy atom. The van der Waals surface area contributed by atoms with Crippen molar-refractivity contribution in [2.75, 3.05) is 44.8 Å². The molecule has 1 aliphatic rings. The molecule has 0 radical (unpaired) electrons. The second-order valence-electron chi connectivity index (χ2n) is 8.97. The van der Waals surface area contributed by atoms with Crippen molar-refractivity contribution in [3.63, 3.8) is 0 Å². The maximum Gasteiger partial charge on any atom is 0.257 e. The van der Waals surface area contributed by atoms with Gasteiger partial charge in [-0.15, -0.1) is 0 Å². The van der Waals surface area contributed by atoms with Crippen molar-refractivity contribution >= 4 is 21.6 Å². The van der Waals surface area contributed by atoms with Crippen LogP contribution in [0.1, 0.15) is 29.8 Å². The number of rotatable bonds is 5. The lowest BCUT2D eigenvalue weighted by Gasteiger charge is -2.36. The van der Waals surface area contributed by atoms with Gasteiger partial charge in [0.2, 0.25) is 10.0 Å². The van der Waals surface area contributed by atoms with Crippen LogP contribution in [-0.4, -0.2) is 81.4 Å². The van der Waals surface area contributed by atoms with Crippen LogP contribution in [0, 0.1) is 5.92 Å². The molecule has 1 amide bonds. The molecule has 186 valence electrons. The highest BCUT2D eigenvalue weighted by Gasteiger charge is 2.28. The zero-order valence-electron chi connectivity index (χ0n) is 20.4. The van der Waals surface area contributed by atoms with Crippen LogP contribution in [0.4, 0.5) is 5.69 Å². The third-order valence-electron chi connectivity index (χ3n) is 5.99. The topological polar surface area (TPSA) is 101 Å². The van der Waals surface area contributed by atoms with Crippen molar-refractivity contribution in [1.82, 2.24) is 14.8 Å². The Balaban J connectivity index is 1.96. The Kier molecular flexibility index (Phi) is 8.51. The molecule has 0 bridgehead atoms. The van der Waals surface area contributed by atoms with E-state index in [1.807, 2.05) is 18.3 Å². The molecule has 1 aromatic carbocycles. The Labute approximate surface area is 202 Å². The van der Waals surface area contributed by atoms with Gasteiger partial charge in [0.15, 0.2) is 0 Å². The van der Waals surface area contributed by atoms with Gasteiger partial charge in [-0.1, -0.05) is 13.0 Å². The number of anilines is 1. The van der Waals surface area contributed by atoms with Gasteiger partial charge in [-0.2, -0.15) is 0 Å². The van der Waals surface area contributed by atoms with Crippen LogP contribution in [0.5, 0.6) is 5.75 Å². The largest absolute Gasteiger partial charge is 0.491 e. The Morgan fingerprint density at radius 1 is 1.24 bits per heavy atom. The zero-order valence-corrected chi connectivity index (χ0v) is 21.2. The molecule has 0 unspecified atom stereocenters. The van der Waals surface area contributed by atoms with Crippen LogP contribution < -0.4 is 9.46 Å². The van der Waals surface area contributed by atoms with Gasteiger partial charge in [0.1, 0.15) is 12.4 Å². The van der Waals surface area contributed by atoms with Crippen LogP contribution in [-0.2, 0) is 21.3 Å². The lowest BCUT2D eigenvalue weighted by atomic mass is 10.0. The van der Waals surface area contributed by atoms with Crippen LogP contribution in [0.25, 0.3) is 0 Å². The van der Waals surface area contributed by atoms with E-state index in [-0.39, 0.29) is 24.0 Å². The number of ether oxygens (including phenoxy) is 2. The number of carbonyl (C=O) groups excluding carboxylic acids is 1. The van der Waals surface area contributed by atoms with Crippen molar-refractivity contribution < 1.29 is 22.7 Å². The van der Waals surface area contributed by atoms with E-state index in [1.54, 1.807) is 43.5 Å². The lowest BCUT2D eigenvalue weighted by Crippen LogP contribution is -2.46. The van der Waals surface area contributed by atoms with E-state index < -0.39 is 10.0 Å². The number of fused-ring (bicyclic) bond motifs is 1. The first-order valence-corrected chi connectivity index (χ1v) is 13.1. The summed E-state index contributed by atoms with van der Waals surface area (Å²) in [6, 6.07) is 8.68. The Bertz CT molecular complexity index is 1080. The van der Waals surface area contributed by atoms with Crippen molar-refractivity contribution in [2.45, 2.75) is 32.5 Å². The summed E-state index contributed by atoms with van der Waals surface area (Å²) in [6.45, 7) is 6.35. The summed E-state index contributed by atoms with van der Waals surface area (Å²) in [5.41, 5.74) is 1.80. The number of aromatic nitrogens is 1. The molecule has 1 N–H and O–H groups in total. The van der Waals surface area contributed by atoms with E-state index in [4.69, 9.17) is 9.47 Å². The second-order valence-corrected chi connectivity index (χ2v) is 10.7. The molecule has 0 fully saturated rings. The highest BCUT2D eigenvalue weighted by atomic mass is 32.2. The summed E-state index contributed by atoms with van der Waals surface area (Å²) in [5, 5.41) is 0. The molecule has 0 saturated carbocycles. The van der Waals surface area contributed by atoms with Gasteiger partial charge in [-0.3, -0.25) is 19.4 Å². The number of methoxy groups -OCH3 is 1. The standard InChI is InChI=1S/C24H34N4O5S/c1-17-13-28(14-19-7-6-10-25-12-19)18(2)16-33-22-11-20(26-34(5,30)31)8-9-21(22)24(29)27(3)15-23(17)32-4/h6-12,17-18,23,26H,13-16H2,1-5H3/t17-,18-,23+/m1/s1. The summed E-state index contributed by atoms with van der Waals surface area (Å²) in [4.78, 5) is 21.4. The SMILES string of the molecule is CO[C@H]1CN(C)C(=O)c2ccc(NS(C)(=O)=O)cc2OC[C@@H](C)N(Cc2cccnc2)C[C@H]1C. The number of benzene rings is 1. The number of sulfonamides is 1. The summed E-state index contributed by atoms with van der Waals surface area (Å²) < 4.78 is 37.8. The van der Waals surface area contributed by atoms with Gasteiger partial charge in [0.25, 0.3) is 5.91 Å². The van der Waals surface area contributed by atoms with Crippen molar-refractivity contribution in [3.8, 4) is 5.75 Å². The fraction of sp³-hybridized carbons (Fsp3) is 0.500. The van der Waals surface area contributed by atoms with Gasteiger partial charge in [0, 0.05) is 58.3 Å². The molecule has 1 aromatic heterocycles. The molecule has 34 heavy (non-hydrogen) atoms. The van der Waals surface area contributed by atoms with E-state index >= 15 is 0 Å². The molecule has 9 nitrogen and oxygen atoms in total. The number of likely N-dealkylation sites (N-methyl/N-ethyl adjacent to an activating group) is 1. The summed E-state index contributed by atoms with van der Waals surface area (Å²) in [6.07, 6.45) is 4.53. The third kappa shape index (κ3) is 6.91. The van der Waals surface area contributed by atoms with E-state index in [2.05, 4.69) is 28.5 Å². The molecule has 0 aliphatic carbocycles. The van der Waals surface area contributed by atoms with Crippen LogP contribution in [0.2, 0.25) is 0 Å². The van der Waals surface area contributed by atoms with Crippen LogP contribution in [0.3, 0.4) is 0 Å². The first-order chi connectivity index (χ1) is 16.1. The summed E-state index contributed by atoms with van der Waals surface area (Å²) in [5.74, 6) is 0.275. The minimum absolute atomic E-state index is 0.00629. The summed E-state index contributed by atoms with van der Waals surface area (Å²) in [7, 11) is -0.0720. The molecular formula is C24H34N4O5S. The fourth-order valence-electron chi connectivity index (χ4n) is 4.07. The number of amides is 1. The van der Waals surface area contributed by atoms with Gasteiger partial charge < -0.3 is 14.4 Å². The van der Waals surface area contributed by atoms with E-state index in [1.165, 1.54) is 0 Å². The first kappa shape index (κ1) is 25.9. The average molecular weight is 491 g/mol. The normalized spacial score (nSPS) is 22.8. The maximum absolute atomic E-state index is 13.2. The quantitative estimate of drug-likeness (QED) is 0.687. The maximum atomic E-state index is 13.2. The molecule has 0 spiro atoms. The molecule has 10 heteroatoms.